The van der Waals surface area contributed by atoms with Crippen molar-refractivity contribution in [1.82, 2.24) is 14.8 Å². The van der Waals surface area contributed by atoms with E-state index < -0.39 is 11.7 Å². The lowest BCUT2D eigenvalue weighted by molar-refractivity contribution is 0.100. The standard InChI is InChI=1S/C21H26FN7O/c1-3-17(13-6-7-16(13)23)27-21-15(22)9-14(19(24)30)20(28-21)26-12-5-4-11-10-25-29(2)18(11)8-12/h4-5,8-10,13,16-17H,3,6-7,23H2,1-2H3,(H2,24,30)(H2,26,27,28)/t13?,16?,17-/m1/s1. The first-order valence-corrected chi connectivity index (χ1v) is 10.1. The summed E-state index contributed by atoms with van der Waals surface area (Å²) in [5, 5.41) is 11.5. The van der Waals surface area contributed by atoms with Crippen LogP contribution in [0.15, 0.2) is 30.5 Å². The molecular formula is C21H26FN7O. The topological polar surface area (TPSA) is 124 Å². The van der Waals surface area contributed by atoms with Gasteiger partial charge < -0.3 is 22.1 Å². The maximum atomic E-state index is 14.7. The molecule has 1 aliphatic carbocycles. The minimum atomic E-state index is -0.759. The molecule has 0 saturated heterocycles. The molecule has 6 N–H and O–H groups in total. The Labute approximate surface area is 173 Å². The second-order valence-corrected chi connectivity index (χ2v) is 7.81. The van der Waals surface area contributed by atoms with Crippen molar-refractivity contribution in [2.75, 3.05) is 10.6 Å². The third-order valence-corrected chi connectivity index (χ3v) is 5.92. The number of rotatable bonds is 7. The first kappa shape index (κ1) is 20.1. The Morgan fingerprint density at radius 2 is 2.13 bits per heavy atom. The quantitative estimate of drug-likeness (QED) is 0.474. The van der Waals surface area contributed by atoms with Gasteiger partial charge in [0.2, 0.25) is 0 Å². The minimum Gasteiger partial charge on any atom is -0.365 e. The van der Waals surface area contributed by atoms with Gasteiger partial charge in [-0.1, -0.05) is 6.92 Å². The largest absolute Gasteiger partial charge is 0.365 e. The van der Waals surface area contributed by atoms with Crippen LogP contribution in [0.25, 0.3) is 10.9 Å². The number of fused-ring (bicyclic) bond motifs is 1. The lowest BCUT2D eigenvalue weighted by Gasteiger charge is -2.40. The van der Waals surface area contributed by atoms with Crippen LogP contribution in [0.4, 0.5) is 21.7 Å². The molecule has 0 radical (unpaired) electrons. The molecule has 3 aromatic rings. The molecule has 3 atom stereocenters. The van der Waals surface area contributed by atoms with Crippen molar-refractivity contribution in [1.29, 1.82) is 0 Å². The highest BCUT2D eigenvalue weighted by Crippen LogP contribution is 2.33. The van der Waals surface area contributed by atoms with Crippen LogP contribution in [0.3, 0.4) is 0 Å². The molecule has 1 saturated carbocycles. The minimum absolute atomic E-state index is 0.00817. The maximum absolute atomic E-state index is 14.7. The number of aryl methyl sites for hydroxylation is 1. The molecule has 30 heavy (non-hydrogen) atoms. The van der Waals surface area contributed by atoms with Crippen LogP contribution in [-0.2, 0) is 7.05 Å². The van der Waals surface area contributed by atoms with E-state index in [0.29, 0.717) is 5.69 Å². The van der Waals surface area contributed by atoms with Crippen molar-refractivity contribution >= 4 is 34.1 Å². The van der Waals surface area contributed by atoms with Crippen molar-refractivity contribution < 1.29 is 9.18 Å². The Morgan fingerprint density at radius 1 is 1.33 bits per heavy atom. The highest BCUT2D eigenvalue weighted by Gasteiger charge is 2.34. The molecule has 0 spiro atoms. The van der Waals surface area contributed by atoms with E-state index in [9.17, 15) is 9.18 Å². The summed E-state index contributed by atoms with van der Waals surface area (Å²) in [6.07, 6.45) is 4.53. The smallest absolute Gasteiger partial charge is 0.252 e. The Bertz CT molecular complexity index is 1100. The zero-order valence-electron chi connectivity index (χ0n) is 17.0. The molecule has 1 aliphatic rings. The molecular weight excluding hydrogens is 385 g/mol. The van der Waals surface area contributed by atoms with Gasteiger partial charge in [-0.2, -0.15) is 5.10 Å². The summed E-state index contributed by atoms with van der Waals surface area (Å²) in [7, 11) is 1.84. The van der Waals surface area contributed by atoms with Gasteiger partial charge in [0.1, 0.15) is 5.82 Å². The number of nitrogens with two attached hydrogens (primary N) is 2. The lowest BCUT2D eigenvalue weighted by Crippen LogP contribution is -2.48. The SMILES string of the molecule is CC[C@@H](Nc1nc(Nc2ccc3cnn(C)c3c2)c(C(N)=O)cc1F)C1CCC1N. The average Bonchev–Trinajstić information content (AvgIpc) is 3.08. The molecule has 2 unspecified atom stereocenters. The first-order valence-electron chi connectivity index (χ1n) is 10.1. The lowest BCUT2D eigenvalue weighted by atomic mass is 9.74. The number of anilines is 3. The van der Waals surface area contributed by atoms with Crippen LogP contribution in [0.1, 0.15) is 36.5 Å². The van der Waals surface area contributed by atoms with Crippen LogP contribution < -0.4 is 22.1 Å². The van der Waals surface area contributed by atoms with Gasteiger partial charge >= 0.3 is 0 Å². The summed E-state index contributed by atoms with van der Waals surface area (Å²) in [5.74, 6) is -0.834. The van der Waals surface area contributed by atoms with E-state index in [4.69, 9.17) is 11.5 Å². The van der Waals surface area contributed by atoms with E-state index in [-0.39, 0.29) is 35.2 Å². The predicted molar refractivity (Wildman–Crippen MR) is 115 cm³/mol. The van der Waals surface area contributed by atoms with Crippen LogP contribution in [0, 0.1) is 11.7 Å². The fourth-order valence-corrected chi connectivity index (χ4v) is 3.97. The number of carbonyl (C=O) groups excluding carboxylic acids is 1. The van der Waals surface area contributed by atoms with Crippen LogP contribution in [0.2, 0.25) is 0 Å². The number of aromatic nitrogens is 3. The highest BCUT2D eigenvalue weighted by molar-refractivity contribution is 5.99. The van der Waals surface area contributed by atoms with E-state index in [2.05, 4.69) is 20.7 Å². The van der Waals surface area contributed by atoms with Gasteiger partial charge in [0.05, 0.1) is 17.3 Å². The van der Waals surface area contributed by atoms with E-state index in [1.807, 2.05) is 32.2 Å². The first-order chi connectivity index (χ1) is 14.4. The average molecular weight is 411 g/mol. The molecule has 0 aliphatic heterocycles. The number of pyridine rings is 1. The molecule has 1 aromatic carbocycles. The van der Waals surface area contributed by atoms with Crippen LogP contribution in [0.5, 0.6) is 0 Å². The summed E-state index contributed by atoms with van der Waals surface area (Å²) < 4.78 is 16.5. The van der Waals surface area contributed by atoms with Gasteiger partial charge in [0, 0.05) is 30.2 Å². The maximum Gasteiger partial charge on any atom is 0.252 e. The van der Waals surface area contributed by atoms with Gasteiger partial charge in [0.25, 0.3) is 5.91 Å². The summed E-state index contributed by atoms with van der Waals surface area (Å²) in [5.41, 5.74) is 13.2. The monoisotopic (exact) mass is 411 g/mol. The molecule has 8 nitrogen and oxygen atoms in total. The normalized spacial score (nSPS) is 19.3. The number of hydrogen-bond acceptors (Lipinski definition) is 6. The van der Waals surface area contributed by atoms with E-state index in [1.165, 1.54) is 0 Å². The molecule has 2 heterocycles. The molecule has 158 valence electrons. The van der Waals surface area contributed by atoms with Crippen molar-refractivity contribution in [3.05, 3.63) is 41.8 Å². The van der Waals surface area contributed by atoms with Gasteiger partial charge in [-0.05, 0) is 49.4 Å². The zero-order valence-corrected chi connectivity index (χ0v) is 17.0. The number of carbonyl (C=O) groups is 1. The number of amides is 1. The Hall–Kier alpha value is -3.20. The molecule has 2 aromatic heterocycles. The van der Waals surface area contributed by atoms with Crippen molar-refractivity contribution in [2.24, 2.45) is 24.4 Å². The van der Waals surface area contributed by atoms with E-state index in [0.717, 1.165) is 36.2 Å². The molecule has 1 fully saturated rings. The Balaban J connectivity index is 1.67. The molecule has 9 heteroatoms. The number of halogens is 1. The van der Waals surface area contributed by atoms with Crippen molar-refractivity contribution in [3.8, 4) is 0 Å². The number of nitrogens with one attached hydrogen (secondary N) is 2. The Kier molecular flexibility index (Phi) is 5.29. The third kappa shape index (κ3) is 3.68. The molecule has 1 amide bonds. The van der Waals surface area contributed by atoms with E-state index >= 15 is 0 Å². The van der Waals surface area contributed by atoms with Crippen LogP contribution >= 0.6 is 0 Å². The van der Waals surface area contributed by atoms with Crippen molar-refractivity contribution in [3.63, 3.8) is 0 Å². The fourth-order valence-electron chi connectivity index (χ4n) is 3.97. The summed E-state index contributed by atoms with van der Waals surface area (Å²) >= 11 is 0. The van der Waals surface area contributed by atoms with Crippen LogP contribution in [-0.4, -0.2) is 32.8 Å². The van der Waals surface area contributed by atoms with Gasteiger partial charge in [-0.3, -0.25) is 9.48 Å². The predicted octanol–water partition coefficient (Wildman–Crippen LogP) is 2.88. The highest BCUT2D eigenvalue weighted by atomic mass is 19.1. The third-order valence-electron chi connectivity index (χ3n) is 5.92. The van der Waals surface area contributed by atoms with Crippen molar-refractivity contribution in [2.45, 2.75) is 38.3 Å². The van der Waals surface area contributed by atoms with Gasteiger partial charge in [-0.25, -0.2) is 9.37 Å². The summed E-state index contributed by atoms with van der Waals surface area (Å²) in [4.78, 5) is 16.3. The summed E-state index contributed by atoms with van der Waals surface area (Å²) in [6.45, 7) is 2.03. The number of benzene rings is 1. The number of hydrogen-bond donors (Lipinski definition) is 4. The second-order valence-electron chi connectivity index (χ2n) is 7.81. The molecule has 4 rings (SSSR count). The zero-order chi connectivity index (χ0) is 21.4. The Morgan fingerprint density at radius 3 is 2.77 bits per heavy atom. The summed E-state index contributed by atoms with van der Waals surface area (Å²) in [6, 6.07) is 6.87. The van der Waals surface area contributed by atoms with E-state index in [1.54, 1.807) is 10.9 Å². The number of primary amides is 1. The second kappa shape index (κ2) is 7.91. The fraction of sp³-hybridized carbons (Fsp3) is 0.381. The van der Waals surface area contributed by atoms with Gasteiger partial charge in [0.15, 0.2) is 11.6 Å². The van der Waals surface area contributed by atoms with Gasteiger partial charge in [-0.15, -0.1) is 0 Å². The number of nitrogens with zero attached hydrogens (tertiary/aromatic N) is 3. The molecule has 0 bridgehead atoms.